The molecule has 0 amide bonds. The minimum Gasteiger partial charge on any atom is -0.270 e. The van der Waals surface area contributed by atoms with Crippen molar-refractivity contribution in [3.8, 4) is 0 Å². The van der Waals surface area contributed by atoms with E-state index in [-0.39, 0.29) is 0 Å². The molecule has 1 aromatic carbocycles. The second kappa shape index (κ2) is 7.86. The number of nitrogens with zero attached hydrogens (tertiary/aromatic N) is 2. The van der Waals surface area contributed by atoms with Crippen molar-refractivity contribution < 1.29 is 0 Å². The standard InChI is InChI=1S/C17H22Cl2N2/c1-3-16-11-17(21(4-2)20-16)10-14(12-18)8-13-6-5-7-15(19)9-13/h5-7,9,11,14H,3-4,8,10,12H2,1-2H3. The molecular weight excluding hydrogens is 303 g/mol. The Labute approximate surface area is 137 Å². The maximum atomic E-state index is 6.18. The lowest BCUT2D eigenvalue weighted by Gasteiger charge is -2.15. The largest absolute Gasteiger partial charge is 0.270 e. The third-order valence-electron chi connectivity index (χ3n) is 3.71. The summed E-state index contributed by atoms with van der Waals surface area (Å²) >= 11 is 12.2. The molecule has 2 nitrogen and oxygen atoms in total. The summed E-state index contributed by atoms with van der Waals surface area (Å²) in [6, 6.07) is 10.2. The van der Waals surface area contributed by atoms with Gasteiger partial charge in [0.05, 0.1) is 5.69 Å². The Morgan fingerprint density at radius 2 is 2.00 bits per heavy atom. The fourth-order valence-corrected chi connectivity index (χ4v) is 3.03. The molecule has 21 heavy (non-hydrogen) atoms. The molecule has 0 spiro atoms. The van der Waals surface area contributed by atoms with Crippen LogP contribution in [0.4, 0.5) is 0 Å². The molecule has 0 bridgehead atoms. The lowest BCUT2D eigenvalue weighted by atomic mass is 9.96. The van der Waals surface area contributed by atoms with Crippen LogP contribution in [0.25, 0.3) is 0 Å². The molecule has 114 valence electrons. The van der Waals surface area contributed by atoms with Gasteiger partial charge in [-0.15, -0.1) is 11.6 Å². The van der Waals surface area contributed by atoms with E-state index in [4.69, 9.17) is 23.2 Å². The third-order valence-corrected chi connectivity index (χ3v) is 4.38. The van der Waals surface area contributed by atoms with Gasteiger partial charge in [-0.05, 0) is 55.9 Å². The van der Waals surface area contributed by atoms with Crippen molar-refractivity contribution in [1.82, 2.24) is 9.78 Å². The Hall–Kier alpha value is -0.990. The Balaban J connectivity index is 2.10. The Kier molecular flexibility index (Phi) is 6.13. The molecule has 0 radical (unpaired) electrons. The number of aromatic nitrogens is 2. The number of halogens is 2. The number of rotatable bonds is 7. The summed E-state index contributed by atoms with van der Waals surface area (Å²) in [7, 11) is 0. The van der Waals surface area contributed by atoms with E-state index in [1.165, 1.54) is 11.3 Å². The molecule has 0 N–H and O–H groups in total. The molecule has 0 fully saturated rings. The predicted molar refractivity (Wildman–Crippen MR) is 90.3 cm³/mol. The monoisotopic (exact) mass is 324 g/mol. The molecule has 0 saturated heterocycles. The summed E-state index contributed by atoms with van der Waals surface area (Å²) < 4.78 is 2.09. The van der Waals surface area contributed by atoms with Crippen LogP contribution >= 0.6 is 23.2 Å². The molecule has 4 heteroatoms. The lowest BCUT2D eigenvalue weighted by molar-refractivity contribution is 0.531. The summed E-state index contributed by atoms with van der Waals surface area (Å²) in [6.45, 7) is 5.17. The zero-order chi connectivity index (χ0) is 15.2. The summed E-state index contributed by atoms with van der Waals surface area (Å²) in [6.07, 6.45) is 2.87. The fraction of sp³-hybridized carbons (Fsp3) is 0.471. The first kappa shape index (κ1) is 16.4. The molecular formula is C17H22Cl2N2. The molecule has 1 aromatic heterocycles. The van der Waals surface area contributed by atoms with Crippen LogP contribution in [0.5, 0.6) is 0 Å². The van der Waals surface area contributed by atoms with E-state index in [2.05, 4.69) is 35.8 Å². The molecule has 0 aliphatic heterocycles. The smallest absolute Gasteiger partial charge is 0.0624 e. The highest BCUT2D eigenvalue weighted by atomic mass is 35.5. The second-order valence-electron chi connectivity index (χ2n) is 5.35. The highest BCUT2D eigenvalue weighted by Crippen LogP contribution is 2.19. The minimum atomic E-state index is 0.400. The van der Waals surface area contributed by atoms with Crippen LogP contribution in [0.2, 0.25) is 5.02 Å². The van der Waals surface area contributed by atoms with E-state index in [0.29, 0.717) is 11.8 Å². The van der Waals surface area contributed by atoms with Gasteiger partial charge < -0.3 is 0 Å². The first-order chi connectivity index (χ1) is 10.2. The minimum absolute atomic E-state index is 0.400. The Morgan fingerprint density at radius 3 is 2.62 bits per heavy atom. The van der Waals surface area contributed by atoms with E-state index in [1.54, 1.807) is 0 Å². The van der Waals surface area contributed by atoms with Crippen LogP contribution in [0.3, 0.4) is 0 Å². The van der Waals surface area contributed by atoms with Crippen molar-refractivity contribution in [2.24, 2.45) is 5.92 Å². The molecule has 0 aliphatic carbocycles. The normalized spacial score (nSPS) is 12.6. The maximum absolute atomic E-state index is 6.18. The second-order valence-corrected chi connectivity index (χ2v) is 6.10. The van der Waals surface area contributed by atoms with E-state index < -0.39 is 0 Å². The van der Waals surface area contributed by atoms with Crippen molar-refractivity contribution in [3.05, 3.63) is 52.3 Å². The van der Waals surface area contributed by atoms with E-state index in [0.717, 1.165) is 36.5 Å². The average Bonchev–Trinajstić information content (AvgIpc) is 2.88. The van der Waals surface area contributed by atoms with Crippen LogP contribution in [0.1, 0.15) is 30.8 Å². The molecule has 1 atom stereocenters. The van der Waals surface area contributed by atoms with Gasteiger partial charge in [0.15, 0.2) is 0 Å². The van der Waals surface area contributed by atoms with Gasteiger partial charge in [0.1, 0.15) is 0 Å². The van der Waals surface area contributed by atoms with Crippen LogP contribution in [0.15, 0.2) is 30.3 Å². The topological polar surface area (TPSA) is 17.8 Å². The molecule has 2 aromatic rings. The Bertz CT molecular complexity index is 578. The van der Waals surface area contributed by atoms with Crippen LogP contribution < -0.4 is 0 Å². The number of alkyl halides is 1. The molecule has 0 saturated carbocycles. The van der Waals surface area contributed by atoms with Crippen LogP contribution in [-0.4, -0.2) is 15.7 Å². The number of aryl methyl sites for hydroxylation is 2. The summed E-state index contributed by atoms with van der Waals surface area (Å²) in [5.41, 5.74) is 3.68. The summed E-state index contributed by atoms with van der Waals surface area (Å²) in [5, 5.41) is 5.39. The van der Waals surface area contributed by atoms with Crippen molar-refractivity contribution in [3.63, 3.8) is 0 Å². The number of hydrogen-bond acceptors (Lipinski definition) is 1. The zero-order valence-corrected chi connectivity index (χ0v) is 14.2. The van der Waals surface area contributed by atoms with Crippen LogP contribution in [0, 0.1) is 5.92 Å². The number of hydrogen-bond donors (Lipinski definition) is 0. The van der Waals surface area contributed by atoms with E-state index in [1.807, 2.05) is 18.2 Å². The van der Waals surface area contributed by atoms with Gasteiger partial charge >= 0.3 is 0 Å². The molecule has 1 unspecified atom stereocenters. The van der Waals surface area contributed by atoms with Gasteiger partial charge in [0.25, 0.3) is 0 Å². The zero-order valence-electron chi connectivity index (χ0n) is 12.6. The van der Waals surface area contributed by atoms with Gasteiger partial charge in [-0.3, -0.25) is 4.68 Å². The number of benzene rings is 1. The SMILES string of the molecule is CCc1cc(CC(CCl)Cc2cccc(Cl)c2)n(CC)n1. The first-order valence-electron chi connectivity index (χ1n) is 7.52. The van der Waals surface area contributed by atoms with Crippen molar-refractivity contribution in [1.29, 1.82) is 0 Å². The van der Waals surface area contributed by atoms with Crippen molar-refractivity contribution in [2.75, 3.05) is 5.88 Å². The third kappa shape index (κ3) is 4.49. The molecule has 2 rings (SSSR count). The highest BCUT2D eigenvalue weighted by Gasteiger charge is 2.14. The highest BCUT2D eigenvalue weighted by molar-refractivity contribution is 6.30. The fourth-order valence-electron chi connectivity index (χ4n) is 2.60. The Morgan fingerprint density at radius 1 is 1.19 bits per heavy atom. The molecule has 0 aliphatic rings. The van der Waals surface area contributed by atoms with Gasteiger partial charge in [0.2, 0.25) is 0 Å². The maximum Gasteiger partial charge on any atom is 0.0624 e. The average molecular weight is 325 g/mol. The van der Waals surface area contributed by atoms with Crippen LogP contribution in [-0.2, 0) is 25.8 Å². The first-order valence-corrected chi connectivity index (χ1v) is 8.43. The van der Waals surface area contributed by atoms with E-state index in [9.17, 15) is 0 Å². The van der Waals surface area contributed by atoms with Crippen molar-refractivity contribution >= 4 is 23.2 Å². The molecule has 1 heterocycles. The van der Waals surface area contributed by atoms with Gasteiger partial charge in [-0.2, -0.15) is 5.10 Å². The predicted octanol–water partition coefficient (Wildman–Crippen LogP) is 4.76. The van der Waals surface area contributed by atoms with Gasteiger partial charge in [-0.1, -0.05) is 30.7 Å². The summed E-state index contributed by atoms with van der Waals surface area (Å²) in [4.78, 5) is 0. The van der Waals surface area contributed by atoms with Gasteiger partial charge in [0, 0.05) is 23.1 Å². The lowest BCUT2D eigenvalue weighted by Crippen LogP contribution is -2.13. The van der Waals surface area contributed by atoms with E-state index >= 15 is 0 Å². The van der Waals surface area contributed by atoms with Gasteiger partial charge in [-0.25, -0.2) is 0 Å². The quantitative estimate of drug-likeness (QED) is 0.671. The van der Waals surface area contributed by atoms with Crippen molar-refractivity contribution in [2.45, 2.75) is 39.7 Å². The summed E-state index contributed by atoms with van der Waals surface area (Å²) in [5.74, 6) is 1.04.